The standard InChI is InChI=1S/C5H8N2O2/c8-5(9)7-4-2-1-3-6-7/h2,4,6H,1,3H2,(H,8,9). The van der Waals surface area contributed by atoms with Crippen molar-refractivity contribution in [3.05, 3.63) is 12.3 Å². The lowest BCUT2D eigenvalue weighted by atomic mass is 10.4. The van der Waals surface area contributed by atoms with Gasteiger partial charge in [-0.25, -0.2) is 15.2 Å². The number of carbonyl (C=O) groups is 1. The van der Waals surface area contributed by atoms with Crippen molar-refractivity contribution in [3.63, 3.8) is 0 Å². The second-order valence-electron chi connectivity index (χ2n) is 1.73. The molecule has 2 N–H and O–H groups in total. The molecule has 0 saturated carbocycles. The van der Waals surface area contributed by atoms with E-state index in [4.69, 9.17) is 5.11 Å². The molecule has 0 radical (unpaired) electrons. The molecule has 1 heterocycles. The van der Waals surface area contributed by atoms with Crippen molar-refractivity contribution in [2.24, 2.45) is 0 Å². The topological polar surface area (TPSA) is 52.6 Å². The van der Waals surface area contributed by atoms with Crippen LogP contribution in [0.25, 0.3) is 0 Å². The highest BCUT2D eigenvalue weighted by Crippen LogP contribution is 1.94. The summed E-state index contributed by atoms with van der Waals surface area (Å²) < 4.78 is 0. The number of nitrogens with zero attached hydrogens (tertiary/aromatic N) is 1. The molecule has 0 atom stereocenters. The van der Waals surface area contributed by atoms with E-state index in [2.05, 4.69) is 5.43 Å². The van der Waals surface area contributed by atoms with E-state index in [1.54, 1.807) is 0 Å². The molecule has 50 valence electrons. The molecule has 0 bridgehead atoms. The van der Waals surface area contributed by atoms with Crippen LogP contribution in [-0.4, -0.2) is 22.8 Å². The van der Waals surface area contributed by atoms with Crippen molar-refractivity contribution in [3.8, 4) is 0 Å². The third-order valence-electron chi connectivity index (χ3n) is 1.05. The highest BCUT2D eigenvalue weighted by Gasteiger charge is 2.08. The Labute approximate surface area is 52.7 Å². The van der Waals surface area contributed by atoms with Crippen LogP contribution in [0.1, 0.15) is 6.42 Å². The smallest absolute Gasteiger partial charge is 0.426 e. The number of hydrazine groups is 1. The molecule has 0 saturated heterocycles. The quantitative estimate of drug-likeness (QED) is 0.496. The maximum Gasteiger partial charge on any atom is 0.426 e. The monoisotopic (exact) mass is 128 g/mol. The summed E-state index contributed by atoms with van der Waals surface area (Å²) in [4.78, 5) is 10.2. The lowest BCUT2D eigenvalue weighted by Crippen LogP contribution is -2.40. The van der Waals surface area contributed by atoms with Crippen molar-refractivity contribution in [2.75, 3.05) is 6.54 Å². The molecular formula is C5H8N2O2. The Hall–Kier alpha value is -1.03. The fourth-order valence-electron chi connectivity index (χ4n) is 0.632. The van der Waals surface area contributed by atoms with Crippen molar-refractivity contribution < 1.29 is 9.90 Å². The van der Waals surface area contributed by atoms with E-state index in [0.29, 0.717) is 6.54 Å². The SMILES string of the molecule is O=C(O)N1C=CCCN1. The first-order valence-electron chi connectivity index (χ1n) is 2.73. The average Bonchev–Trinajstić information content (AvgIpc) is 1.90. The summed E-state index contributed by atoms with van der Waals surface area (Å²) in [6.45, 7) is 0.697. The number of nitrogens with one attached hydrogen (secondary N) is 1. The third kappa shape index (κ3) is 1.43. The zero-order chi connectivity index (χ0) is 6.69. The van der Waals surface area contributed by atoms with E-state index in [1.165, 1.54) is 6.20 Å². The maximum atomic E-state index is 10.2. The van der Waals surface area contributed by atoms with Crippen LogP contribution in [0, 0.1) is 0 Å². The van der Waals surface area contributed by atoms with Gasteiger partial charge in [-0.3, -0.25) is 0 Å². The summed E-state index contributed by atoms with van der Waals surface area (Å²) in [6.07, 6.45) is 3.24. The van der Waals surface area contributed by atoms with Gasteiger partial charge in [0, 0.05) is 12.7 Å². The van der Waals surface area contributed by atoms with Crippen LogP contribution in [0.5, 0.6) is 0 Å². The molecule has 4 nitrogen and oxygen atoms in total. The summed E-state index contributed by atoms with van der Waals surface area (Å²) in [5.41, 5.74) is 2.67. The first kappa shape index (κ1) is 6.10. The van der Waals surface area contributed by atoms with E-state index >= 15 is 0 Å². The maximum absolute atomic E-state index is 10.2. The minimum Gasteiger partial charge on any atom is -0.464 e. The minimum absolute atomic E-state index is 0.697. The van der Waals surface area contributed by atoms with E-state index in [0.717, 1.165) is 11.4 Å². The van der Waals surface area contributed by atoms with Gasteiger partial charge in [-0.1, -0.05) is 6.08 Å². The Morgan fingerprint density at radius 1 is 1.78 bits per heavy atom. The van der Waals surface area contributed by atoms with E-state index < -0.39 is 6.09 Å². The Bertz CT molecular complexity index is 144. The fraction of sp³-hybridized carbons (Fsp3) is 0.400. The summed E-state index contributed by atoms with van der Waals surface area (Å²) in [5, 5.41) is 9.40. The molecule has 1 aliphatic rings. The van der Waals surface area contributed by atoms with Gasteiger partial charge in [-0.05, 0) is 6.42 Å². The fourth-order valence-corrected chi connectivity index (χ4v) is 0.632. The number of hydrogen-bond acceptors (Lipinski definition) is 2. The van der Waals surface area contributed by atoms with Gasteiger partial charge in [0.2, 0.25) is 0 Å². The van der Waals surface area contributed by atoms with Gasteiger partial charge in [-0.2, -0.15) is 0 Å². The molecule has 1 amide bonds. The highest BCUT2D eigenvalue weighted by molar-refractivity contribution is 5.65. The van der Waals surface area contributed by atoms with Crippen LogP contribution < -0.4 is 5.43 Å². The van der Waals surface area contributed by atoms with Crippen molar-refractivity contribution in [1.82, 2.24) is 10.4 Å². The molecule has 1 aliphatic heterocycles. The minimum atomic E-state index is -0.967. The lowest BCUT2D eigenvalue weighted by molar-refractivity contribution is 0.143. The van der Waals surface area contributed by atoms with E-state index in [-0.39, 0.29) is 0 Å². The van der Waals surface area contributed by atoms with Gasteiger partial charge in [-0.15, -0.1) is 0 Å². The van der Waals surface area contributed by atoms with Crippen molar-refractivity contribution in [1.29, 1.82) is 0 Å². The van der Waals surface area contributed by atoms with Gasteiger partial charge in [0.1, 0.15) is 0 Å². The van der Waals surface area contributed by atoms with Crippen LogP contribution in [0.3, 0.4) is 0 Å². The Morgan fingerprint density at radius 2 is 2.56 bits per heavy atom. The zero-order valence-corrected chi connectivity index (χ0v) is 4.87. The second-order valence-corrected chi connectivity index (χ2v) is 1.73. The third-order valence-corrected chi connectivity index (χ3v) is 1.05. The normalized spacial score (nSPS) is 18.0. The summed E-state index contributed by atoms with van der Waals surface area (Å²) >= 11 is 0. The molecule has 0 spiro atoms. The molecule has 0 aromatic rings. The molecular weight excluding hydrogens is 120 g/mol. The molecule has 4 heteroatoms. The molecule has 0 fully saturated rings. The molecule has 0 aliphatic carbocycles. The second kappa shape index (κ2) is 2.50. The predicted molar refractivity (Wildman–Crippen MR) is 31.6 cm³/mol. The largest absolute Gasteiger partial charge is 0.464 e. The summed E-state index contributed by atoms with van der Waals surface area (Å²) in [7, 11) is 0. The zero-order valence-electron chi connectivity index (χ0n) is 4.87. The highest BCUT2D eigenvalue weighted by atomic mass is 16.4. The number of amides is 1. The molecule has 0 aromatic heterocycles. The molecule has 9 heavy (non-hydrogen) atoms. The van der Waals surface area contributed by atoms with Crippen LogP contribution in [0.2, 0.25) is 0 Å². The molecule has 1 rings (SSSR count). The number of rotatable bonds is 0. The van der Waals surface area contributed by atoms with Crippen molar-refractivity contribution >= 4 is 6.09 Å². The first-order chi connectivity index (χ1) is 4.30. The lowest BCUT2D eigenvalue weighted by Gasteiger charge is -2.18. The van der Waals surface area contributed by atoms with Gasteiger partial charge < -0.3 is 5.11 Å². The van der Waals surface area contributed by atoms with Gasteiger partial charge >= 0.3 is 6.09 Å². The van der Waals surface area contributed by atoms with Gasteiger partial charge in [0.05, 0.1) is 0 Å². The van der Waals surface area contributed by atoms with Crippen LogP contribution in [0.15, 0.2) is 12.3 Å². The van der Waals surface area contributed by atoms with Gasteiger partial charge in [0.15, 0.2) is 0 Å². The van der Waals surface area contributed by atoms with Gasteiger partial charge in [0.25, 0.3) is 0 Å². The van der Waals surface area contributed by atoms with Crippen molar-refractivity contribution in [2.45, 2.75) is 6.42 Å². The average molecular weight is 128 g/mol. The first-order valence-corrected chi connectivity index (χ1v) is 2.73. The summed E-state index contributed by atoms with van der Waals surface area (Å²) in [5.74, 6) is 0. The number of hydrogen-bond donors (Lipinski definition) is 2. The molecule has 0 aromatic carbocycles. The number of carboxylic acid groups (broad SMARTS) is 1. The summed E-state index contributed by atoms with van der Waals surface area (Å²) in [6, 6.07) is 0. The molecule has 0 unspecified atom stereocenters. The predicted octanol–water partition coefficient (Wildman–Crippen LogP) is 0.388. The Balaban J connectivity index is 2.50. The van der Waals surface area contributed by atoms with Crippen LogP contribution in [-0.2, 0) is 0 Å². The Kier molecular flexibility index (Phi) is 1.69. The van der Waals surface area contributed by atoms with Crippen LogP contribution in [0.4, 0.5) is 4.79 Å². The van der Waals surface area contributed by atoms with Crippen LogP contribution >= 0.6 is 0 Å². The van der Waals surface area contributed by atoms with E-state index in [1.807, 2.05) is 6.08 Å². The van der Waals surface area contributed by atoms with E-state index in [9.17, 15) is 4.79 Å². The Morgan fingerprint density at radius 3 is 2.89 bits per heavy atom.